The number of hydrogen-bond acceptors (Lipinski definition) is 4. The normalized spacial score (nSPS) is 11.5. The molecule has 0 saturated heterocycles. The van der Waals surface area contributed by atoms with Gasteiger partial charge in [0.25, 0.3) is 0 Å². The van der Waals surface area contributed by atoms with Crippen LogP contribution in [0.1, 0.15) is 0 Å². The standard InChI is InChI=1S/C16H14FNO3S2/c17-13-4-6-14(7-5-13)21-9-11-23(19,20)18-15-3-1-2-12-8-10-22-16(12)15/h1-8,10,18H,9,11H2. The molecule has 120 valence electrons. The number of sulfonamides is 1. The average molecular weight is 351 g/mol. The highest BCUT2D eigenvalue weighted by atomic mass is 32.2. The summed E-state index contributed by atoms with van der Waals surface area (Å²) in [7, 11) is -3.52. The van der Waals surface area contributed by atoms with Crippen molar-refractivity contribution in [3.63, 3.8) is 0 Å². The van der Waals surface area contributed by atoms with Gasteiger partial charge < -0.3 is 4.74 Å². The highest BCUT2D eigenvalue weighted by Crippen LogP contribution is 2.29. The fourth-order valence-corrected chi connectivity index (χ4v) is 3.94. The van der Waals surface area contributed by atoms with E-state index in [0.29, 0.717) is 11.4 Å². The lowest BCUT2D eigenvalue weighted by Crippen LogP contribution is -2.21. The van der Waals surface area contributed by atoms with E-state index in [9.17, 15) is 12.8 Å². The zero-order chi connectivity index (χ0) is 16.3. The number of thiophene rings is 1. The molecule has 0 amide bonds. The van der Waals surface area contributed by atoms with Crippen LogP contribution in [-0.2, 0) is 10.0 Å². The quantitative estimate of drug-likeness (QED) is 0.734. The molecule has 1 heterocycles. The summed E-state index contributed by atoms with van der Waals surface area (Å²) in [6.07, 6.45) is 0. The first-order chi connectivity index (χ1) is 11.0. The topological polar surface area (TPSA) is 55.4 Å². The third kappa shape index (κ3) is 4.00. The van der Waals surface area contributed by atoms with Crippen LogP contribution in [0.25, 0.3) is 10.1 Å². The Bertz CT molecular complexity index is 904. The molecule has 0 spiro atoms. The first-order valence-electron chi connectivity index (χ1n) is 6.89. The third-order valence-electron chi connectivity index (χ3n) is 3.18. The lowest BCUT2D eigenvalue weighted by molar-refractivity contribution is 0.340. The molecule has 0 aliphatic heterocycles. The zero-order valence-corrected chi connectivity index (χ0v) is 13.7. The van der Waals surface area contributed by atoms with Crippen LogP contribution in [0.3, 0.4) is 0 Å². The van der Waals surface area contributed by atoms with Crippen molar-refractivity contribution in [1.29, 1.82) is 0 Å². The van der Waals surface area contributed by atoms with Crippen LogP contribution in [0.4, 0.5) is 10.1 Å². The van der Waals surface area contributed by atoms with Crippen LogP contribution in [-0.4, -0.2) is 20.8 Å². The maximum atomic E-state index is 12.8. The Kier molecular flexibility index (Phi) is 4.49. The Morgan fingerprint density at radius 1 is 1.09 bits per heavy atom. The molecule has 3 aromatic rings. The minimum atomic E-state index is -3.52. The van der Waals surface area contributed by atoms with Crippen molar-refractivity contribution in [2.75, 3.05) is 17.1 Å². The molecule has 0 aliphatic carbocycles. The van der Waals surface area contributed by atoms with Crippen LogP contribution in [0.15, 0.2) is 53.9 Å². The van der Waals surface area contributed by atoms with E-state index < -0.39 is 10.0 Å². The summed E-state index contributed by atoms with van der Waals surface area (Å²) in [4.78, 5) is 0. The van der Waals surface area contributed by atoms with E-state index in [1.807, 2.05) is 23.6 Å². The van der Waals surface area contributed by atoms with Crippen molar-refractivity contribution in [2.45, 2.75) is 0 Å². The minimum absolute atomic E-state index is 0.0125. The molecule has 2 aromatic carbocycles. The predicted molar refractivity (Wildman–Crippen MR) is 91.1 cm³/mol. The molecule has 3 rings (SSSR count). The monoisotopic (exact) mass is 351 g/mol. The van der Waals surface area contributed by atoms with Crippen molar-refractivity contribution in [3.05, 3.63) is 59.7 Å². The molecule has 23 heavy (non-hydrogen) atoms. The summed E-state index contributed by atoms with van der Waals surface area (Å²) in [5.74, 6) is -0.121. The van der Waals surface area contributed by atoms with Gasteiger partial charge in [0.2, 0.25) is 10.0 Å². The van der Waals surface area contributed by atoms with Crippen molar-refractivity contribution in [2.24, 2.45) is 0 Å². The maximum absolute atomic E-state index is 12.8. The SMILES string of the molecule is O=S(=O)(CCOc1ccc(F)cc1)Nc1cccc2ccsc12. The van der Waals surface area contributed by atoms with Crippen molar-refractivity contribution in [1.82, 2.24) is 0 Å². The van der Waals surface area contributed by atoms with E-state index >= 15 is 0 Å². The van der Waals surface area contributed by atoms with Gasteiger partial charge in [0, 0.05) is 0 Å². The predicted octanol–water partition coefficient (Wildman–Crippen LogP) is 3.86. The van der Waals surface area contributed by atoms with Gasteiger partial charge in [-0.15, -0.1) is 11.3 Å². The molecule has 0 saturated carbocycles. The van der Waals surface area contributed by atoms with E-state index in [1.165, 1.54) is 35.6 Å². The van der Waals surface area contributed by atoms with Crippen LogP contribution < -0.4 is 9.46 Å². The third-order valence-corrected chi connectivity index (χ3v) is 5.38. The summed E-state index contributed by atoms with van der Waals surface area (Å²) in [5.41, 5.74) is 0.569. The van der Waals surface area contributed by atoms with Crippen molar-refractivity contribution < 1.29 is 17.5 Å². The number of benzene rings is 2. The van der Waals surface area contributed by atoms with Gasteiger partial charge >= 0.3 is 0 Å². The zero-order valence-electron chi connectivity index (χ0n) is 12.0. The van der Waals surface area contributed by atoms with Crippen LogP contribution in [0, 0.1) is 5.82 Å². The molecule has 0 unspecified atom stereocenters. The number of fused-ring (bicyclic) bond motifs is 1. The first kappa shape index (κ1) is 15.8. The van der Waals surface area contributed by atoms with E-state index in [0.717, 1.165) is 10.1 Å². The van der Waals surface area contributed by atoms with E-state index in [-0.39, 0.29) is 18.2 Å². The highest BCUT2D eigenvalue weighted by molar-refractivity contribution is 7.92. The summed E-state index contributed by atoms with van der Waals surface area (Å²) >= 11 is 1.48. The van der Waals surface area contributed by atoms with Crippen molar-refractivity contribution in [3.8, 4) is 5.75 Å². The molecule has 0 fully saturated rings. The van der Waals surface area contributed by atoms with E-state index in [1.54, 1.807) is 6.07 Å². The van der Waals surface area contributed by atoms with Gasteiger partial charge in [0.05, 0.1) is 10.4 Å². The molecular formula is C16H14FNO3S2. The summed E-state index contributed by atoms with van der Waals surface area (Å²) in [5, 5.41) is 2.91. The number of nitrogens with one attached hydrogen (secondary N) is 1. The number of hydrogen-bond donors (Lipinski definition) is 1. The Morgan fingerprint density at radius 2 is 1.87 bits per heavy atom. The second kappa shape index (κ2) is 6.55. The van der Waals surface area contributed by atoms with Gasteiger partial charge in [-0.2, -0.15) is 0 Å². The van der Waals surface area contributed by atoms with E-state index in [4.69, 9.17) is 4.74 Å². The number of anilines is 1. The largest absolute Gasteiger partial charge is 0.492 e. The number of ether oxygens (including phenoxy) is 1. The fourth-order valence-electron chi connectivity index (χ4n) is 2.09. The molecule has 0 atom stereocenters. The smallest absolute Gasteiger partial charge is 0.236 e. The molecule has 0 aliphatic rings. The van der Waals surface area contributed by atoms with Gasteiger partial charge in [-0.1, -0.05) is 12.1 Å². The van der Waals surface area contributed by atoms with Crippen LogP contribution in [0.2, 0.25) is 0 Å². The molecule has 4 nitrogen and oxygen atoms in total. The molecular weight excluding hydrogens is 337 g/mol. The second-order valence-electron chi connectivity index (χ2n) is 4.87. The number of halogens is 1. The van der Waals surface area contributed by atoms with Gasteiger partial charge in [0.1, 0.15) is 23.9 Å². The average Bonchev–Trinajstić information content (AvgIpc) is 2.98. The highest BCUT2D eigenvalue weighted by Gasteiger charge is 2.13. The van der Waals surface area contributed by atoms with Gasteiger partial charge in [-0.25, -0.2) is 12.8 Å². The Balaban J connectivity index is 1.63. The molecule has 0 bridgehead atoms. The molecule has 1 aromatic heterocycles. The van der Waals surface area contributed by atoms with Gasteiger partial charge in [-0.3, -0.25) is 4.72 Å². The van der Waals surface area contributed by atoms with Crippen LogP contribution >= 0.6 is 11.3 Å². The molecule has 1 N–H and O–H groups in total. The summed E-state index contributed by atoms with van der Waals surface area (Å²) in [6.45, 7) is -0.0125. The number of rotatable bonds is 6. The summed E-state index contributed by atoms with van der Waals surface area (Å²) in [6, 6.07) is 12.9. The Morgan fingerprint density at radius 3 is 2.65 bits per heavy atom. The first-order valence-corrected chi connectivity index (χ1v) is 9.42. The van der Waals surface area contributed by atoms with E-state index in [2.05, 4.69) is 4.72 Å². The second-order valence-corrected chi connectivity index (χ2v) is 7.63. The van der Waals surface area contributed by atoms with Crippen molar-refractivity contribution >= 4 is 37.1 Å². The minimum Gasteiger partial charge on any atom is -0.492 e. The molecule has 7 heteroatoms. The van der Waals surface area contributed by atoms with Gasteiger partial charge in [-0.05, 0) is 47.2 Å². The molecule has 0 radical (unpaired) electrons. The lowest BCUT2D eigenvalue weighted by Gasteiger charge is -2.10. The Labute approximate surface area is 137 Å². The maximum Gasteiger partial charge on any atom is 0.236 e. The summed E-state index contributed by atoms with van der Waals surface area (Å²) < 4.78 is 45.9. The fraction of sp³-hybridized carbons (Fsp3) is 0.125. The lowest BCUT2D eigenvalue weighted by atomic mass is 10.2. The van der Waals surface area contributed by atoms with Crippen LogP contribution in [0.5, 0.6) is 5.75 Å². The Hall–Kier alpha value is -2.12. The van der Waals surface area contributed by atoms with Gasteiger partial charge in [0.15, 0.2) is 0 Å².